The third-order valence-corrected chi connectivity index (χ3v) is 2.22. The van der Waals surface area contributed by atoms with Crippen molar-refractivity contribution >= 4 is 0 Å². The van der Waals surface area contributed by atoms with Gasteiger partial charge in [0.25, 0.3) is 0 Å². The molecule has 0 saturated heterocycles. The lowest BCUT2D eigenvalue weighted by Gasteiger charge is -2.12. The lowest BCUT2D eigenvalue weighted by molar-refractivity contribution is 0.184. The van der Waals surface area contributed by atoms with Crippen molar-refractivity contribution in [2.75, 3.05) is 7.11 Å². The molecular weight excluding hydrogens is 160 g/mol. The molecule has 0 aliphatic heterocycles. The highest BCUT2D eigenvalue weighted by Gasteiger charge is 2.05. The Morgan fingerprint density at radius 3 is 2.54 bits per heavy atom. The Kier molecular flexibility index (Phi) is 3.49. The maximum absolute atomic E-state index is 5.16. The molecule has 0 aliphatic rings. The first-order valence-electron chi connectivity index (χ1n) is 4.73. The molecule has 0 heterocycles. The summed E-state index contributed by atoms with van der Waals surface area (Å²) in [6, 6.07) is 6.55. The summed E-state index contributed by atoms with van der Waals surface area (Å²) >= 11 is 0. The minimum Gasteiger partial charge on any atom is -0.380 e. The van der Waals surface area contributed by atoms with E-state index in [0.29, 0.717) is 12.5 Å². The van der Waals surface area contributed by atoms with E-state index < -0.39 is 0 Å². The minimum absolute atomic E-state index is 0.574. The molecule has 0 fully saturated rings. The molecule has 0 bridgehead atoms. The first kappa shape index (κ1) is 10.3. The van der Waals surface area contributed by atoms with E-state index in [1.54, 1.807) is 7.11 Å². The van der Waals surface area contributed by atoms with Crippen LogP contribution in [0.2, 0.25) is 0 Å². The van der Waals surface area contributed by atoms with Crippen molar-refractivity contribution in [2.24, 2.45) is 0 Å². The van der Waals surface area contributed by atoms with Crippen LogP contribution in [-0.4, -0.2) is 7.11 Å². The maximum Gasteiger partial charge on any atom is 0.0715 e. The highest BCUT2D eigenvalue weighted by atomic mass is 16.5. The fourth-order valence-corrected chi connectivity index (χ4v) is 1.54. The van der Waals surface area contributed by atoms with Crippen molar-refractivity contribution in [2.45, 2.75) is 33.3 Å². The number of aryl methyl sites for hydroxylation is 1. The highest BCUT2D eigenvalue weighted by molar-refractivity contribution is 5.33. The molecular formula is C12H18O. The third-order valence-electron chi connectivity index (χ3n) is 2.22. The number of ether oxygens (including phenoxy) is 1. The van der Waals surface area contributed by atoms with Gasteiger partial charge in [-0.25, -0.2) is 0 Å². The summed E-state index contributed by atoms with van der Waals surface area (Å²) in [5.41, 5.74) is 4.04. The van der Waals surface area contributed by atoms with Gasteiger partial charge in [0.1, 0.15) is 0 Å². The summed E-state index contributed by atoms with van der Waals surface area (Å²) in [4.78, 5) is 0. The lowest BCUT2D eigenvalue weighted by Crippen LogP contribution is -1.98. The quantitative estimate of drug-likeness (QED) is 0.690. The first-order chi connectivity index (χ1) is 6.15. The Balaban J connectivity index is 3.03. The van der Waals surface area contributed by atoms with Crippen LogP contribution in [0.4, 0.5) is 0 Å². The van der Waals surface area contributed by atoms with Crippen molar-refractivity contribution < 1.29 is 4.74 Å². The van der Waals surface area contributed by atoms with Gasteiger partial charge in [-0.15, -0.1) is 0 Å². The van der Waals surface area contributed by atoms with Crippen molar-refractivity contribution in [3.8, 4) is 0 Å². The van der Waals surface area contributed by atoms with E-state index in [-0.39, 0.29) is 0 Å². The SMILES string of the molecule is COCc1ccc(C)cc1C(C)C. The van der Waals surface area contributed by atoms with Gasteiger partial charge < -0.3 is 4.74 Å². The van der Waals surface area contributed by atoms with Gasteiger partial charge in [-0.3, -0.25) is 0 Å². The van der Waals surface area contributed by atoms with Gasteiger partial charge in [-0.2, -0.15) is 0 Å². The average Bonchev–Trinajstić information content (AvgIpc) is 2.08. The van der Waals surface area contributed by atoms with Crippen LogP contribution in [0, 0.1) is 6.92 Å². The summed E-state index contributed by atoms with van der Waals surface area (Å²) in [5.74, 6) is 0.574. The molecule has 72 valence electrons. The van der Waals surface area contributed by atoms with Gasteiger partial charge in [0.15, 0.2) is 0 Å². The number of methoxy groups -OCH3 is 1. The summed E-state index contributed by atoms with van der Waals surface area (Å²) in [6.07, 6.45) is 0. The van der Waals surface area contributed by atoms with Gasteiger partial charge in [-0.1, -0.05) is 37.6 Å². The van der Waals surface area contributed by atoms with Gasteiger partial charge in [0.05, 0.1) is 6.61 Å². The van der Waals surface area contributed by atoms with E-state index in [0.717, 1.165) is 0 Å². The predicted molar refractivity (Wildman–Crippen MR) is 56.0 cm³/mol. The Bertz CT molecular complexity index is 276. The van der Waals surface area contributed by atoms with Gasteiger partial charge in [-0.05, 0) is 24.0 Å². The van der Waals surface area contributed by atoms with Crippen LogP contribution in [0.25, 0.3) is 0 Å². The van der Waals surface area contributed by atoms with Crippen LogP contribution < -0.4 is 0 Å². The summed E-state index contributed by atoms with van der Waals surface area (Å²) < 4.78 is 5.16. The fourth-order valence-electron chi connectivity index (χ4n) is 1.54. The monoisotopic (exact) mass is 178 g/mol. The zero-order chi connectivity index (χ0) is 9.84. The molecule has 0 aliphatic carbocycles. The predicted octanol–water partition coefficient (Wildman–Crippen LogP) is 3.26. The van der Waals surface area contributed by atoms with E-state index in [9.17, 15) is 0 Å². The topological polar surface area (TPSA) is 9.23 Å². The second-order valence-electron chi connectivity index (χ2n) is 3.79. The van der Waals surface area contributed by atoms with E-state index in [2.05, 4.69) is 39.0 Å². The molecule has 1 heteroatoms. The molecule has 0 atom stereocenters. The second kappa shape index (κ2) is 4.43. The Labute approximate surface area is 80.7 Å². The number of benzene rings is 1. The standard InChI is InChI=1S/C12H18O/c1-9(2)12-7-10(3)5-6-11(12)8-13-4/h5-7,9H,8H2,1-4H3. The van der Waals surface area contributed by atoms with Crippen molar-refractivity contribution in [3.63, 3.8) is 0 Å². The van der Waals surface area contributed by atoms with Crippen LogP contribution >= 0.6 is 0 Å². The number of hydrogen-bond acceptors (Lipinski definition) is 1. The molecule has 0 radical (unpaired) electrons. The van der Waals surface area contributed by atoms with Gasteiger partial charge >= 0.3 is 0 Å². The Morgan fingerprint density at radius 2 is 2.00 bits per heavy atom. The molecule has 1 aromatic carbocycles. The zero-order valence-corrected chi connectivity index (χ0v) is 8.92. The average molecular weight is 178 g/mol. The summed E-state index contributed by atoms with van der Waals surface area (Å²) in [7, 11) is 1.74. The molecule has 0 spiro atoms. The molecule has 0 N–H and O–H groups in total. The molecule has 0 aromatic heterocycles. The van der Waals surface area contributed by atoms with Crippen LogP contribution in [0.3, 0.4) is 0 Å². The molecule has 0 amide bonds. The second-order valence-corrected chi connectivity index (χ2v) is 3.79. The number of hydrogen-bond donors (Lipinski definition) is 0. The summed E-state index contributed by atoms with van der Waals surface area (Å²) in [5, 5.41) is 0. The van der Waals surface area contributed by atoms with Crippen molar-refractivity contribution in [3.05, 3.63) is 34.9 Å². The van der Waals surface area contributed by atoms with Gasteiger partial charge in [0, 0.05) is 7.11 Å². The van der Waals surface area contributed by atoms with Crippen LogP contribution in [0.5, 0.6) is 0 Å². The maximum atomic E-state index is 5.16. The Hall–Kier alpha value is -0.820. The zero-order valence-electron chi connectivity index (χ0n) is 8.92. The molecule has 0 saturated carbocycles. The first-order valence-corrected chi connectivity index (χ1v) is 4.73. The highest BCUT2D eigenvalue weighted by Crippen LogP contribution is 2.21. The van der Waals surface area contributed by atoms with Crippen molar-refractivity contribution in [1.82, 2.24) is 0 Å². The lowest BCUT2D eigenvalue weighted by atomic mass is 9.96. The molecule has 13 heavy (non-hydrogen) atoms. The number of rotatable bonds is 3. The fraction of sp³-hybridized carbons (Fsp3) is 0.500. The van der Waals surface area contributed by atoms with Crippen molar-refractivity contribution in [1.29, 1.82) is 0 Å². The molecule has 0 unspecified atom stereocenters. The molecule has 1 nitrogen and oxygen atoms in total. The molecule has 1 rings (SSSR count). The van der Waals surface area contributed by atoms with Crippen LogP contribution in [-0.2, 0) is 11.3 Å². The summed E-state index contributed by atoms with van der Waals surface area (Å²) in [6.45, 7) is 7.28. The minimum atomic E-state index is 0.574. The third kappa shape index (κ3) is 2.56. The van der Waals surface area contributed by atoms with Crippen LogP contribution in [0.1, 0.15) is 36.5 Å². The van der Waals surface area contributed by atoms with E-state index in [4.69, 9.17) is 4.74 Å². The smallest absolute Gasteiger partial charge is 0.0715 e. The molecule has 1 aromatic rings. The largest absolute Gasteiger partial charge is 0.380 e. The van der Waals surface area contributed by atoms with E-state index in [1.165, 1.54) is 16.7 Å². The van der Waals surface area contributed by atoms with Gasteiger partial charge in [0.2, 0.25) is 0 Å². The normalized spacial score (nSPS) is 10.8. The van der Waals surface area contributed by atoms with E-state index >= 15 is 0 Å². The Morgan fingerprint density at radius 1 is 1.31 bits per heavy atom. The van der Waals surface area contributed by atoms with Crippen LogP contribution in [0.15, 0.2) is 18.2 Å². The van der Waals surface area contributed by atoms with E-state index in [1.807, 2.05) is 0 Å².